The van der Waals surface area contributed by atoms with Gasteiger partial charge >= 0.3 is 0 Å². The summed E-state index contributed by atoms with van der Waals surface area (Å²) in [6.07, 6.45) is 6.05. The van der Waals surface area contributed by atoms with Crippen molar-refractivity contribution in [3.05, 3.63) is 63.8 Å². The van der Waals surface area contributed by atoms with Crippen molar-refractivity contribution in [1.82, 2.24) is 44.8 Å². The van der Waals surface area contributed by atoms with Crippen molar-refractivity contribution in [3.8, 4) is 5.75 Å². The predicted octanol–water partition coefficient (Wildman–Crippen LogP) is 4.12. The maximum absolute atomic E-state index is 13.2. The highest BCUT2D eigenvalue weighted by Crippen LogP contribution is 2.36. The lowest BCUT2D eigenvalue weighted by Crippen LogP contribution is -2.54. The van der Waals surface area contributed by atoms with E-state index < -0.39 is 5.92 Å². The van der Waals surface area contributed by atoms with E-state index in [1.807, 2.05) is 43.8 Å². The Hall–Kier alpha value is -5.81. The van der Waals surface area contributed by atoms with Gasteiger partial charge in [0.2, 0.25) is 17.8 Å². The third kappa shape index (κ3) is 8.19. The highest BCUT2D eigenvalue weighted by molar-refractivity contribution is 6.33. The van der Waals surface area contributed by atoms with E-state index >= 15 is 0 Å². The Balaban J connectivity index is 0.892. The molecule has 0 aliphatic carbocycles. The molecule has 3 aliphatic heterocycles. The fourth-order valence-corrected chi connectivity index (χ4v) is 8.88. The van der Waals surface area contributed by atoms with Crippen LogP contribution in [0.25, 0.3) is 21.9 Å². The van der Waals surface area contributed by atoms with E-state index in [1.54, 1.807) is 23.0 Å². The maximum atomic E-state index is 13.2. The maximum Gasteiger partial charge on any atom is 0.294 e. The number of piperidine rings is 2. The number of hydrogen-bond acceptors (Lipinski definition) is 13. The van der Waals surface area contributed by atoms with Crippen LogP contribution >= 0.6 is 11.6 Å². The summed E-state index contributed by atoms with van der Waals surface area (Å²) in [5.41, 5.74) is 3.61. The van der Waals surface area contributed by atoms with Crippen LogP contribution in [0.1, 0.15) is 64.1 Å². The van der Waals surface area contributed by atoms with Crippen LogP contribution in [-0.4, -0.2) is 111 Å². The lowest BCUT2D eigenvalue weighted by Gasteiger charge is -2.43. The van der Waals surface area contributed by atoms with Gasteiger partial charge in [-0.15, -0.1) is 0 Å². The molecule has 3 aliphatic rings. The van der Waals surface area contributed by atoms with Crippen LogP contribution in [0.3, 0.4) is 0 Å². The number of imide groups is 1. The smallest absolute Gasteiger partial charge is 0.294 e. The topological polar surface area (TPSA) is 185 Å². The zero-order valence-electron chi connectivity index (χ0n) is 34.6. The first-order chi connectivity index (χ1) is 28.9. The number of amides is 3. The summed E-state index contributed by atoms with van der Waals surface area (Å²) in [7, 11) is 3.44. The van der Waals surface area contributed by atoms with Gasteiger partial charge in [-0.1, -0.05) is 23.7 Å². The minimum absolute atomic E-state index is 0.0586. The van der Waals surface area contributed by atoms with Gasteiger partial charge in [-0.3, -0.25) is 38.6 Å². The van der Waals surface area contributed by atoms with Crippen LogP contribution in [0, 0.1) is 5.92 Å². The van der Waals surface area contributed by atoms with Crippen LogP contribution in [0.2, 0.25) is 5.02 Å². The van der Waals surface area contributed by atoms with Crippen molar-refractivity contribution in [2.24, 2.45) is 13.0 Å². The number of piperazine rings is 1. The van der Waals surface area contributed by atoms with Gasteiger partial charge in [-0.05, 0) is 64.2 Å². The Morgan fingerprint density at radius 3 is 2.57 bits per heavy atom. The van der Waals surface area contributed by atoms with E-state index in [2.05, 4.69) is 53.6 Å². The summed E-state index contributed by atoms with van der Waals surface area (Å²) in [6.45, 7) is 11.1. The Bertz CT molecular complexity index is 2510. The number of carbonyl (C=O) groups is 3. The SMILES string of the molecule is CNC(=O)COc1cc2cc(Nc3nc(N4CCC(CN5CCN(c6cccc7c(C8CCC(=O)NC8=O)nn(C)c67)CC5C)CC4)ncc3Cl)cnc2n(C(C)C)c1=O. The van der Waals surface area contributed by atoms with Crippen LogP contribution < -0.4 is 36.0 Å². The summed E-state index contributed by atoms with van der Waals surface area (Å²) in [4.78, 5) is 70.9. The number of rotatable bonds is 11. The Kier molecular flexibility index (Phi) is 11.6. The standard InChI is InChI=1S/C42H51ClN12O5/c1-24(2)55-39-27(18-33(41(55)59)60-23-35(57)44-4)17-28(19-45-39)47-38-31(43)20-46-42(49-38)52-13-11-26(12-14-52)22-53-15-16-54(21-25(53)3)32-8-6-7-29-36(50-51(5)37(29)32)30-9-10-34(56)48-40(30)58/h6-8,17-20,24-26,30H,9-16,21-23H2,1-5H3,(H,44,57)(H,46,47,49)(H,48,56,58). The molecule has 4 aromatic heterocycles. The Morgan fingerprint density at radius 2 is 1.83 bits per heavy atom. The summed E-state index contributed by atoms with van der Waals surface area (Å²) in [5, 5.41) is 15.1. The molecular formula is C42H51ClN12O5. The molecule has 0 spiro atoms. The summed E-state index contributed by atoms with van der Waals surface area (Å²) < 4.78 is 9.03. The summed E-state index contributed by atoms with van der Waals surface area (Å²) in [5.74, 6) is 0.359. The molecule has 3 N–H and O–H groups in total. The molecule has 2 atom stereocenters. The highest BCUT2D eigenvalue weighted by Gasteiger charge is 2.34. The van der Waals surface area contributed by atoms with Crippen LogP contribution in [0.4, 0.5) is 23.1 Å². The van der Waals surface area contributed by atoms with Crippen molar-refractivity contribution < 1.29 is 19.1 Å². The molecular weight excluding hydrogens is 788 g/mol. The van der Waals surface area contributed by atoms with Crippen molar-refractivity contribution in [1.29, 1.82) is 0 Å². The molecule has 60 heavy (non-hydrogen) atoms. The number of halogens is 1. The average molecular weight is 839 g/mol. The number of benzene rings is 1. The quantitative estimate of drug-likeness (QED) is 0.162. The summed E-state index contributed by atoms with van der Waals surface area (Å²) >= 11 is 6.61. The number of aromatic nitrogens is 6. The van der Waals surface area contributed by atoms with Gasteiger partial charge in [0.25, 0.3) is 11.5 Å². The number of anilines is 4. The molecule has 3 amide bonds. The number of nitrogens with zero attached hydrogens (tertiary/aromatic N) is 9. The van der Waals surface area contributed by atoms with Gasteiger partial charge in [0.05, 0.1) is 40.9 Å². The molecule has 0 radical (unpaired) electrons. The molecule has 5 aromatic rings. The second-order valence-electron chi connectivity index (χ2n) is 16.3. The third-order valence-electron chi connectivity index (χ3n) is 11.9. The van der Waals surface area contributed by atoms with Gasteiger partial charge in [-0.25, -0.2) is 9.97 Å². The molecule has 0 bridgehead atoms. The lowest BCUT2D eigenvalue weighted by molar-refractivity contribution is -0.134. The number of para-hydroxylation sites is 1. The van der Waals surface area contributed by atoms with E-state index in [0.29, 0.717) is 58.3 Å². The largest absolute Gasteiger partial charge is 0.478 e. The van der Waals surface area contributed by atoms with Crippen LogP contribution in [-0.2, 0) is 21.4 Å². The number of likely N-dealkylation sites (N-methyl/N-ethyl adjacent to an activating group) is 1. The first kappa shape index (κ1) is 40.9. The number of nitrogens with one attached hydrogen (secondary N) is 3. The highest BCUT2D eigenvalue weighted by atomic mass is 35.5. The zero-order valence-corrected chi connectivity index (χ0v) is 35.3. The molecule has 0 saturated carbocycles. The van der Waals surface area contributed by atoms with Crippen LogP contribution in [0.15, 0.2) is 47.5 Å². The second-order valence-corrected chi connectivity index (χ2v) is 16.7. The molecule has 8 rings (SSSR count). The van der Waals surface area contributed by atoms with Crippen LogP contribution in [0.5, 0.6) is 5.75 Å². The van der Waals surface area contributed by atoms with Crippen molar-refractivity contribution in [3.63, 3.8) is 0 Å². The predicted molar refractivity (Wildman–Crippen MR) is 230 cm³/mol. The Labute approximate surface area is 352 Å². The number of fused-ring (bicyclic) bond motifs is 2. The molecule has 7 heterocycles. The van der Waals surface area contributed by atoms with Gasteiger partial charge < -0.3 is 25.2 Å². The minimum Gasteiger partial charge on any atom is -0.478 e. The Morgan fingerprint density at radius 1 is 1.03 bits per heavy atom. The van der Waals surface area contributed by atoms with E-state index in [4.69, 9.17) is 26.4 Å². The number of hydrogen-bond donors (Lipinski definition) is 3. The van der Waals surface area contributed by atoms with Crippen molar-refractivity contribution >= 4 is 74.4 Å². The number of ether oxygens (including phenoxy) is 1. The number of pyridine rings is 2. The van der Waals surface area contributed by atoms with Gasteiger partial charge in [0, 0.05) is 82.6 Å². The van der Waals surface area contributed by atoms with E-state index in [0.717, 1.165) is 74.4 Å². The van der Waals surface area contributed by atoms with E-state index in [1.165, 1.54) is 7.05 Å². The van der Waals surface area contributed by atoms with E-state index in [9.17, 15) is 19.2 Å². The number of carbonyl (C=O) groups excluding carboxylic acids is 3. The zero-order chi connectivity index (χ0) is 42.2. The van der Waals surface area contributed by atoms with Gasteiger partial charge in [0.1, 0.15) is 10.7 Å². The molecule has 17 nitrogen and oxygen atoms in total. The second kappa shape index (κ2) is 17.0. The molecule has 3 fully saturated rings. The lowest BCUT2D eigenvalue weighted by atomic mass is 9.92. The molecule has 2 unspecified atom stereocenters. The molecule has 1 aromatic carbocycles. The first-order valence-corrected chi connectivity index (χ1v) is 21.0. The average Bonchev–Trinajstić information content (AvgIpc) is 3.57. The fraction of sp³-hybridized carbons (Fsp3) is 0.476. The third-order valence-corrected chi connectivity index (χ3v) is 12.2. The monoisotopic (exact) mass is 838 g/mol. The van der Waals surface area contributed by atoms with Gasteiger partial charge in [0.15, 0.2) is 18.2 Å². The van der Waals surface area contributed by atoms with E-state index in [-0.39, 0.29) is 41.7 Å². The molecule has 3 saturated heterocycles. The molecule has 18 heteroatoms. The van der Waals surface area contributed by atoms with Crippen molar-refractivity contribution in [2.45, 2.75) is 64.5 Å². The summed E-state index contributed by atoms with van der Waals surface area (Å²) in [6, 6.07) is 9.80. The normalized spacial score (nSPS) is 19.3. The van der Waals surface area contributed by atoms with Crippen molar-refractivity contribution in [2.75, 3.05) is 68.0 Å². The number of aryl methyl sites for hydroxylation is 1. The fourth-order valence-electron chi connectivity index (χ4n) is 8.74. The first-order valence-electron chi connectivity index (χ1n) is 20.6. The minimum atomic E-state index is -0.435. The van der Waals surface area contributed by atoms with Gasteiger partial charge in [-0.2, -0.15) is 10.1 Å². The molecule has 316 valence electrons.